The van der Waals surface area contributed by atoms with Crippen molar-refractivity contribution < 1.29 is 4.42 Å². The van der Waals surface area contributed by atoms with Gasteiger partial charge in [0.1, 0.15) is 11.6 Å². The Kier molecular flexibility index (Phi) is 4.15. The first kappa shape index (κ1) is 12.4. The lowest BCUT2D eigenvalue weighted by atomic mass is 10.1. The molecule has 0 spiro atoms. The molecule has 0 fully saturated rings. The van der Waals surface area contributed by atoms with Crippen LogP contribution in [-0.2, 0) is 0 Å². The van der Waals surface area contributed by atoms with Gasteiger partial charge in [0.05, 0.1) is 6.26 Å². The quantitative estimate of drug-likeness (QED) is 0.428. The van der Waals surface area contributed by atoms with Gasteiger partial charge in [0.2, 0.25) is 0 Å². The lowest BCUT2D eigenvalue weighted by Crippen LogP contribution is -2.25. The molecule has 0 aliphatic heterocycles. The predicted octanol–water partition coefficient (Wildman–Crippen LogP) is 2.21. The van der Waals surface area contributed by atoms with E-state index in [-0.39, 0.29) is 0 Å². The Balaban J connectivity index is 2.01. The van der Waals surface area contributed by atoms with Crippen LogP contribution >= 0.6 is 0 Å². The molecule has 4 N–H and O–H groups in total. The van der Waals surface area contributed by atoms with Crippen molar-refractivity contribution in [3.63, 3.8) is 0 Å². The highest BCUT2D eigenvalue weighted by Crippen LogP contribution is 2.19. The molecule has 0 aliphatic carbocycles. The standard InChI is InChI=1S/C14H17N3O/c15-8-2-9-17-14(16)12-6-4-11(5-7-12)13-3-1-10-18-13/h1,3-7,10H,2,8-9,15H2,(H2,16,17). The number of benzene rings is 1. The second-order valence-corrected chi connectivity index (χ2v) is 4.00. The van der Waals surface area contributed by atoms with Crippen molar-refractivity contribution in [1.29, 1.82) is 5.41 Å². The second kappa shape index (κ2) is 6.02. The van der Waals surface area contributed by atoms with E-state index in [1.165, 1.54) is 0 Å². The van der Waals surface area contributed by atoms with Gasteiger partial charge in [-0.15, -0.1) is 0 Å². The Morgan fingerprint density at radius 2 is 2.00 bits per heavy atom. The lowest BCUT2D eigenvalue weighted by Gasteiger charge is -2.07. The fourth-order valence-electron chi connectivity index (χ4n) is 1.66. The van der Waals surface area contributed by atoms with Gasteiger partial charge in [-0.1, -0.05) is 24.3 Å². The zero-order valence-corrected chi connectivity index (χ0v) is 10.1. The molecule has 0 saturated carbocycles. The molecule has 2 aromatic rings. The monoisotopic (exact) mass is 243 g/mol. The summed E-state index contributed by atoms with van der Waals surface area (Å²) in [4.78, 5) is 0. The third-order valence-electron chi connectivity index (χ3n) is 2.66. The van der Waals surface area contributed by atoms with Gasteiger partial charge in [0.15, 0.2) is 0 Å². The number of rotatable bonds is 5. The van der Waals surface area contributed by atoms with E-state index in [0.29, 0.717) is 12.4 Å². The van der Waals surface area contributed by atoms with Crippen molar-refractivity contribution in [1.82, 2.24) is 5.32 Å². The van der Waals surface area contributed by atoms with Crippen molar-refractivity contribution in [3.8, 4) is 11.3 Å². The molecule has 0 atom stereocenters. The van der Waals surface area contributed by atoms with Gasteiger partial charge in [0, 0.05) is 17.7 Å². The van der Waals surface area contributed by atoms with E-state index in [1.807, 2.05) is 36.4 Å². The van der Waals surface area contributed by atoms with Gasteiger partial charge < -0.3 is 15.5 Å². The van der Waals surface area contributed by atoms with Gasteiger partial charge in [-0.3, -0.25) is 5.41 Å². The van der Waals surface area contributed by atoms with Crippen LogP contribution in [0.4, 0.5) is 0 Å². The summed E-state index contributed by atoms with van der Waals surface area (Å²) < 4.78 is 5.32. The third kappa shape index (κ3) is 2.99. The summed E-state index contributed by atoms with van der Waals surface area (Å²) in [5, 5.41) is 10.9. The lowest BCUT2D eigenvalue weighted by molar-refractivity contribution is 0.582. The van der Waals surface area contributed by atoms with E-state index in [9.17, 15) is 0 Å². The molecule has 0 saturated heterocycles. The normalized spacial score (nSPS) is 10.3. The Morgan fingerprint density at radius 3 is 2.61 bits per heavy atom. The summed E-state index contributed by atoms with van der Waals surface area (Å²) in [6.45, 7) is 1.37. The molecule has 0 unspecified atom stereocenters. The molecule has 0 amide bonds. The Labute approximate surface area is 106 Å². The first-order valence-corrected chi connectivity index (χ1v) is 5.98. The molecular weight excluding hydrogens is 226 g/mol. The van der Waals surface area contributed by atoms with Gasteiger partial charge in [-0.05, 0) is 25.1 Å². The number of hydrogen-bond donors (Lipinski definition) is 3. The van der Waals surface area contributed by atoms with E-state index in [2.05, 4.69) is 5.32 Å². The zero-order chi connectivity index (χ0) is 12.8. The largest absolute Gasteiger partial charge is 0.464 e. The van der Waals surface area contributed by atoms with Crippen LogP contribution in [0.1, 0.15) is 12.0 Å². The minimum absolute atomic E-state index is 0.425. The van der Waals surface area contributed by atoms with Gasteiger partial charge in [0.25, 0.3) is 0 Å². The average molecular weight is 243 g/mol. The highest BCUT2D eigenvalue weighted by atomic mass is 16.3. The van der Waals surface area contributed by atoms with E-state index in [4.69, 9.17) is 15.6 Å². The summed E-state index contributed by atoms with van der Waals surface area (Å²) in [7, 11) is 0. The fraction of sp³-hybridized carbons (Fsp3) is 0.214. The molecule has 4 heteroatoms. The van der Waals surface area contributed by atoms with E-state index in [0.717, 1.165) is 29.9 Å². The van der Waals surface area contributed by atoms with E-state index >= 15 is 0 Å². The molecule has 1 aromatic carbocycles. The molecule has 2 rings (SSSR count). The minimum atomic E-state index is 0.425. The van der Waals surface area contributed by atoms with Gasteiger partial charge in [-0.25, -0.2) is 0 Å². The first-order chi connectivity index (χ1) is 8.81. The van der Waals surface area contributed by atoms with Crippen LogP contribution in [0, 0.1) is 5.41 Å². The molecule has 94 valence electrons. The highest BCUT2D eigenvalue weighted by Gasteiger charge is 2.03. The molecule has 1 aromatic heterocycles. The molecule has 18 heavy (non-hydrogen) atoms. The van der Waals surface area contributed by atoms with Crippen LogP contribution in [0.15, 0.2) is 47.1 Å². The van der Waals surface area contributed by atoms with Crippen molar-refractivity contribution in [3.05, 3.63) is 48.2 Å². The maximum atomic E-state index is 7.88. The predicted molar refractivity (Wildman–Crippen MR) is 72.6 cm³/mol. The van der Waals surface area contributed by atoms with Crippen LogP contribution in [0.5, 0.6) is 0 Å². The molecule has 1 heterocycles. The molecule has 0 aliphatic rings. The van der Waals surface area contributed by atoms with E-state index in [1.54, 1.807) is 6.26 Å². The zero-order valence-electron chi connectivity index (χ0n) is 10.1. The van der Waals surface area contributed by atoms with Gasteiger partial charge in [-0.2, -0.15) is 0 Å². The van der Waals surface area contributed by atoms with Gasteiger partial charge >= 0.3 is 0 Å². The van der Waals surface area contributed by atoms with Crippen molar-refractivity contribution >= 4 is 5.84 Å². The van der Waals surface area contributed by atoms with Crippen LogP contribution in [0.3, 0.4) is 0 Å². The number of hydrogen-bond acceptors (Lipinski definition) is 3. The first-order valence-electron chi connectivity index (χ1n) is 5.98. The Bertz CT molecular complexity index is 488. The molecule has 0 bridgehead atoms. The number of nitrogens with two attached hydrogens (primary N) is 1. The summed E-state index contributed by atoms with van der Waals surface area (Å²) in [5.74, 6) is 1.26. The molecular formula is C14H17N3O. The number of nitrogens with one attached hydrogen (secondary N) is 2. The maximum absolute atomic E-state index is 7.88. The van der Waals surface area contributed by atoms with Crippen molar-refractivity contribution in [2.24, 2.45) is 5.73 Å². The summed E-state index contributed by atoms with van der Waals surface area (Å²) in [6, 6.07) is 11.5. The smallest absolute Gasteiger partial charge is 0.133 e. The number of amidine groups is 1. The fourth-order valence-corrected chi connectivity index (χ4v) is 1.66. The second-order valence-electron chi connectivity index (χ2n) is 4.00. The summed E-state index contributed by atoms with van der Waals surface area (Å²) in [6.07, 6.45) is 2.52. The van der Waals surface area contributed by atoms with Crippen molar-refractivity contribution in [2.45, 2.75) is 6.42 Å². The SMILES string of the molecule is N=C(NCCCN)c1ccc(-c2ccco2)cc1. The van der Waals surface area contributed by atoms with Crippen LogP contribution < -0.4 is 11.1 Å². The summed E-state index contributed by atoms with van der Waals surface area (Å²) >= 11 is 0. The van der Waals surface area contributed by atoms with Crippen LogP contribution in [0.2, 0.25) is 0 Å². The Morgan fingerprint density at radius 1 is 1.22 bits per heavy atom. The maximum Gasteiger partial charge on any atom is 0.133 e. The molecule has 4 nitrogen and oxygen atoms in total. The third-order valence-corrected chi connectivity index (χ3v) is 2.66. The van der Waals surface area contributed by atoms with Crippen LogP contribution in [0.25, 0.3) is 11.3 Å². The molecule has 0 radical (unpaired) electrons. The van der Waals surface area contributed by atoms with E-state index < -0.39 is 0 Å². The average Bonchev–Trinajstić information content (AvgIpc) is 2.93. The minimum Gasteiger partial charge on any atom is -0.464 e. The highest BCUT2D eigenvalue weighted by molar-refractivity contribution is 5.96. The Hall–Kier alpha value is -2.07. The summed E-state index contributed by atoms with van der Waals surface area (Å²) in [5.41, 5.74) is 7.28. The van der Waals surface area contributed by atoms with Crippen LogP contribution in [-0.4, -0.2) is 18.9 Å². The number of furan rings is 1. The van der Waals surface area contributed by atoms with Crippen molar-refractivity contribution in [2.75, 3.05) is 13.1 Å². The topological polar surface area (TPSA) is 75.0 Å².